The van der Waals surface area contributed by atoms with Crippen LogP contribution in [0.2, 0.25) is 0 Å². The molecule has 1 aromatic heterocycles. The van der Waals surface area contributed by atoms with Gasteiger partial charge in [0.1, 0.15) is 18.7 Å². The first-order valence-electron chi connectivity index (χ1n) is 14.6. The summed E-state index contributed by atoms with van der Waals surface area (Å²) in [6, 6.07) is 6.84. The Morgan fingerprint density at radius 1 is 1.02 bits per heavy atom. The van der Waals surface area contributed by atoms with Crippen LogP contribution in [0.4, 0.5) is 4.79 Å². The summed E-state index contributed by atoms with van der Waals surface area (Å²) in [5, 5.41) is 17.6. The molecule has 0 spiro atoms. The number of hydrogen-bond donors (Lipinski definition) is 6. The molecule has 45 heavy (non-hydrogen) atoms. The predicted octanol–water partition coefficient (Wildman–Crippen LogP) is 1.33. The summed E-state index contributed by atoms with van der Waals surface area (Å²) < 4.78 is 32.7. The second kappa shape index (κ2) is 17.9. The van der Waals surface area contributed by atoms with E-state index >= 15 is 0 Å². The van der Waals surface area contributed by atoms with Crippen LogP contribution in [0.25, 0.3) is 0 Å². The van der Waals surface area contributed by atoms with Gasteiger partial charge in [-0.3, -0.25) is 19.6 Å². The number of ether oxygens (including phenoxy) is 1. The maximum Gasteiger partial charge on any atom is 0.408 e. The molecule has 3 atom stereocenters. The number of nitrogens with one attached hydrogen (secondary N) is 4. The summed E-state index contributed by atoms with van der Waals surface area (Å²) in [5.41, 5.74) is 7.33. The van der Waals surface area contributed by atoms with Crippen LogP contribution in [0.15, 0.2) is 58.7 Å². The third-order valence-electron chi connectivity index (χ3n) is 6.54. The van der Waals surface area contributed by atoms with E-state index in [-0.39, 0.29) is 42.9 Å². The summed E-state index contributed by atoms with van der Waals surface area (Å²) in [6.45, 7) is 8.71. The number of nitrogens with two attached hydrogens (primary N) is 1. The molecule has 0 saturated carbocycles. The Morgan fingerprint density at radius 3 is 2.29 bits per heavy atom. The smallest absolute Gasteiger partial charge is 0.408 e. The molecule has 1 heterocycles. The highest BCUT2D eigenvalue weighted by Crippen LogP contribution is 2.11. The topological polar surface area (TPSA) is 214 Å². The van der Waals surface area contributed by atoms with Gasteiger partial charge in [0.15, 0.2) is 0 Å². The molecule has 2 rings (SSSR count). The number of guanidine groups is 1. The average molecular weight is 648 g/mol. The first-order chi connectivity index (χ1) is 21.2. The molecular weight excluding hydrogens is 602 g/mol. The highest BCUT2D eigenvalue weighted by atomic mass is 32.2. The number of sulfonamides is 1. The molecule has 0 aliphatic rings. The van der Waals surface area contributed by atoms with E-state index in [1.54, 1.807) is 44.3 Å². The molecule has 3 amide bonds. The number of aliphatic imine (C=N–C) groups is 1. The van der Waals surface area contributed by atoms with Crippen LogP contribution in [0.1, 0.15) is 51.7 Å². The van der Waals surface area contributed by atoms with E-state index in [4.69, 9.17) is 10.5 Å². The van der Waals surface area contributed by atoms with Crippen molar-refractivity contribution in [3.8, 4) is 0 Å². The lowest BCUT2D eigenvalue weighted by Crippen LogP contribution is -2.57. The van der Waals surface area contributed by atoms with Crippen LogP contribution in [0.3, 0.4) is 0 Å². The van der Waals surface area contributed by atoms with E-state index in [9.17, 15) is 27.9 Å². The molecule has 0 bridgehead atoms. The first-order valence-corrected chi connectivity index (χ1v) is 16.1. The SMILES string of the molecule is Cc1ccc(S(=O)(=O)NC(N)=NCC[C@H](NC(=O)OCc2cccnc2)C(=O)N[C@H](C(=O)N[C@H](CO)CC(C)C)C(C)C)cc1. The number of hydrogen-bond acceptors (Lipinski definition) is 9. The minimum atomic E-state index is -3.99. The number of aliphatic hydroxyl groups excluding tert-OH is 1. The Morgan fingerprint density at radius 2 is 1.71 bits per heavy atom. The molecule has 0 saturated heterocycles. The van der Waals surface area contributed by atoms with Crippen molar-refractivity contribution in [2.45, 2.75) is 77.1 Å². The molecule has 248 valence electrons. The zero-order valence-corrected chi connectivity index (χ0v) is 27.1. The van der Waals surface area contributed by atoms with Crippen molar-refractivity contribution in [3.05, 3.63) is 59.9 Å². The number of carbonyl (C=O) groups is 3. The Bertz CT molecular complexity index is 1390. The predicted molar refractivity (Wildman–Crippen MR) is 169 cm³/mol. The number of benzene rings is 1. The average Bonchev–Trinajstić information content (AvgIpc) is 2.97. The number of amides is 3. The van der Waals surface area contributed by atoms with Crippen LogP contribution < -0.4 is 26.4 Å². The lowest BCUT2D eigenvalue weighted by Gasteiger charge is -2.27. The van der Waals surface area contributed by atoms with Crippen LogP contribution in [0, 0.1) is 18.8 Å². The maximum atomic E-state index is 13.4. The van der Waals surface area contributed by atoms with Crippen molar-refractivity contribution in [3.63, 3.8) is 0 Å². The van der Waals surface area contributed by atoms with E-state index in [2.05, 4.69) is 30.6 Å². The third-order valence-corrected chi connectivity index (χ3v) is 7.91. The summed E-state index contributed by atoms with van der Waals surface area (Å²) in [6.07, 6.45) is 2.63. The van der Waals surface area contributed by atoms with Gasteiger partial charge in [-0.1, -0.05) is 51.5 Å². The van der Waals surface area contributed by atoms with Gasteiger partial charge in [-0.15, -0.1) is 0 Å². The Kier molecular flexibility index (Phi) is 14.7. The molecule has 7 N–H and O–H groups in total. The van der Waals surface area contributed by atoms with Crippen molar-refractivity contribution in [1.29, 1.82) is 0 Å². The van der Waals surface area contributed by atoms with E-state index in [0.29, 0.717) is 12.0 Å². The van der Waals surface area contributed by atoms with Crippen molar-refractivity contribution >= 4 is 33.9 Å². The largest absolute Gasteiger partial charge is 0.445 e. The van der Waals surface area contributed by atoms with Gasteiger partial charge < -0.3 is 31.5 Å². The van der Waals surface area contributed by atoms with Gasteiger partial charge >= 0.3 is 6.09 Å². The van der Waals surface area contributed by atoms with Gasteiger partial charge in [0.25, 0.3) is 10.0 Å². The van der Waals surface area contributed by atoms with E-state index in [1.165, 1.54) is 18.3 Å². The van der Waals surface area contributed by atoms with Gasteiger partial charge in [-0.2, -0.15) is 0 Å². The van der Waals surface area contributed by atoms with Crippen LogP contribution in [0.5, 0.6) is 0 Å². The summed E-state index contributed by atoms with van der Waals surface area (Å²) in [4.78, 5) is 47.1. The molecule has 14 nitrogen and oxygen atoms in total. The first kappa shape index (κ1) is 36.9. The number of aryl methyl sites for hydroxylation is 1. The quantitative estimate of drug-likeness (QED) is 0.114. The van der Waals surface area contributed by atoms with Gasteiger partial charge in [-0.05, 0) is 49.8 Å². The Balaban J connectivity index is 2.15. The lowest BCUT2D eigenvalue weighted by molar-refractivity contribution is -0.131. The number of alkyl carbamates (subject to hydrolysis) is 1. The van der Waals surface area contributed by atoms with Crippen molar-refractivity contribution in [1.82, 2.24) is 25.7 Å². The summed E-state index contributed by atoms with van der Waals surface area (Å²) >= 11 is 0. The number of aromatic nitrogens is 1. The monoisotopic (exact) mass is 647 g/mol. The molecule has 0 aliphatic heterocycles. The van der Waals surface area contributed by atoms with Crippen LogP contribution >= 0.6 is 0 Å². The highest BCUT2D eigenvalue weighted by molar-refractivity contribution is 7.90. The normalized spacial score (nSPS) is 13.9. The molecule has 1 aromatic carbocycles. The van der Waals surface area contributed by atoms with E-state index in [1.807, 2.05) is 20.8 Å². The van der Waals surface area contributed by atoms with Gasteiger partial charge in [0.05, 0.1) is 17.5 Å². The number of nitrogens with zero attached hydrogens (tertiary/aromatic N) is 2. The molecule has 0 unspecified atom stereocenters. The van der Waals surface area contributed by atoms with E-state index < -0.39 is 52.0 Å². The minimum Gasteiger partial charge on any atom is -0.445 e. The van der Waals surface area contributed by atoms with Crippen LogP contribution in [-0.2, 0) is 31.0 Å². The number of rotatable bonds is 16. The van der Waals surface area contributed by atoms with Crippen molar-refractivity contribution in [2.24, 2.45) is 22.6 Å². The fraction of sp³-hybridized carbons (Fsp3) is 0.500. The Hall–Kier alpha value is -4.24. The molecule has 0 radical (unpaired) electrons. The Labute approximate surface area is 264 Å². The number of carbonyl (C=O) groups excluding carboxylic acids is 3. The summed E-state index contributed by atoms with van der Waals surface area (Å²) in [7, 11) is -3.99. The van der Waals surface area contributed by atoms with Gasteiger partial charge in [-0.25, -0.2) is 17.9 Å². The van der Waals surface area contributed by atoms with Gasteiger partial charge in [0, 0.05) is 24.5 Å². The highest BCUT2D eigenvalue weighted by Gasteiger charge is 2.30. The fourth-order valence-corrected chi connectivity index (χ4v) is 5.13. The summed E-state index contributed by atoms with van der Waals surface area (Å²) in [5.74, 6) is -1.71. The molecule has 0 fully saturated rings. The van der Waals surface area contributed by atoms with Crippen molar-refractivity contribution < 1.29 is 32.6 Å². The zero-order chi connectivity index (χ0) is 33.6. The molecule has 2 aromatic rings. The minimum absolute atomic E-state index is 0.00336. The van der Waals surface area contributed by atoms with Gasteiger partial charge in [0.2, 0.25) is 17.8 Å². The molecular formula is C30H45N7O7S. The lowest BCUT2D eigenvalue weighted by atomic mass is 10.00. The maximum absolute atomic E-state index is 13.4. The standard InChI is InChI=1S/C30H45N7O7S/c1-19(2)15-23(17-38)34-28(40)26(20(3)4)36-27(39)25(35-30(41)44-18-22-7-6-13-32-16-22)12-14-33-29(31)37-45(42,43)24-10-8-21(5)9-11-24/h6-11,13,16,19-20,23,25-26,38H,12,14-15,17-18H2,1-5H3,(H,34,40)(H,35,41)(H,36,39)(H3,31,33,37)/t23-,25-,26-/m0/s1. The molecule has 0 aliphatic carbocycles. The number of aliphatic hydroxyl groups is 1. The number of pyridine rings is 1. The van der Waals surface area contributed by atoms with Crippen LogP contribution in [-0.4, -0.2) is 73.7 Å². The van der Waals surface area contributed by atoms with Crippen molar-refractivity contribution in [2.75, 3.05) is 13.2 Å². The molecule has 15 heteroatoms. The second-order valence-electron chi connectivity index (χ2n) is 11.4. The fourth-order valence-electron chi connectivity index (χ4n) is 4.17. The van der Waals surface area contributed by atoms with E-state index in [0.717, 1.165) is 5.56 Å². The third kappa shape index (κ3) is 13.1. The zero-order valence-electron chi connectivity index (χ0n) is 26.3. The second-order valence-corrected chi connectivity index (χ2v) is 13.0.